The third kappa shape index (κ3) is 3.79. The Hall–Kier alpha value is -2.59. The summed E-state index contributed by atoms with van der Waals surface area (Å²) in [7, 11) is 1.67. The zero-order chi connectivity index (χ0) is 16.1. The van der Waals surface area contributed by atoms with E-state index in [0.29, 0.717) is 6.54 Å². The van der Waals surface area contributed by atoms with Gasteiger partial charge in [0, 0.05) is 24.2 Å². The van der Waals surface area contributed by atoms with E-state index < -0.39 is 0 Å². The summed E-state index contributed by atoms with van der Waals surface area (Å²) in [6.07, 6.45) is 0. The van der Waals surface area contributed by atoms with Crippen molar-refractivity contribution in [3.05, 3.63) is 71.9 Å². The third-order valence-electron chi connectivity index (χ3n) is 3.82. The van der Waals surface area contributed by atoms with E-state index in [-0.39, 0.29) is 6.04 Å². The van der Waals surface area contributed by atoms with Gasteiger partial charge in [-0.3, -0.25) is 0 Å². The first-order valence-electron chi connectivity index (χ1n) is 7.64. The standard InChI is InChI=1S/C19H20N2O2/c1-14(15-8-10-18(22-2)11-9-15)20-13-17-12-19(23-21-17)16-6-4-3-5-7-16/h3-12,14,20H,13H2,1-2H3/t14-/m0/s1. The van der Waals surface area contributed by atoms with Crippen LogP contribution in [-0.4, -0.2) is 12.3 Å². The van der Waals surface area contributed by atoms with E-state index in [1.807, 2.05) is 48.5 Å². The molecule has 2 aromatic carbocycles. The van der Waals surface area contributed by atoms with Crippen LogP contribution in [0.5, 0.6) is 5.75 Å². The van der Waals surface area contributed by atoms with Crippen LogP contribution in [0.2, 0.25) is 0 Å². The minimum atomic E-state index is 0.220. The molecule has 1 N–H and O–H groups in total. The molecule has 0 radical (unpaired) electrons. The van der Waals surface area contributed by atoms with Crippen molar-refractivity contribution in [2.24, 2.45) is 0 Å². The molecule has 3 aromatic rings. The number of methoxy groups -OCH3 is 1. The predicted octanol–water partition coefficient (Wildman–Crippen LogP) is 4.20. The largest absolute Gasteiger partial charge is 0.497 e. The third-order valence-corrected chi connectivity index (χ3v) is 3.82. The first-order valence-corrected chi connectivity index (χ1v) is 7.64. The van der Waals surface area contributed by atoms with Crippen LogP contribution >= 0.6 is 0 Å². The highest BCUT2D eigenvalue weighted by atomic mass is 16.5. The van der Waals surface area contributed by atoms with Crippen LogP contribution in [0, 0.1) is 0 Å². The van der Waals surface area contributed by atoms with Gasteiger partial charge in [0.1, 0.15) is 5.75 Å². The summed E-state index contributed by atoms with van der Waals surface area (Å²) in [5.74, 6) is 1.66. The van der Waals surface area contributed by atoms with Gasteiger partial charge in [0.15, 0.2) is 5.76 Å². The van der Waals surface area contributed by atoms with Crippen LogP contribution in [0.15, 0.2) is 65.2 Å². The summed E-state index contributed by atoms with van der Waals surface area (Å²) in [5, 5.41) is 7.58. The van der Waals surface area contributed by atoms with Crippen LogP contribution in [-0.2, 0) is 6.54 Å². The fourth-order valence-electron chi connectivity index (χ4n) is 2.40. The Labute approximate surface area is 136 Å². The lowest BCUT2D eigenvalue weighted by molar-refractivity contribution is 0.413. The highest BCUT2D eigenvalue weighted by molar-refractivity contribution is 5.56. The molecule has 0 saturated heterocycles. The summed E-state index contributed by atoms with van der Waals surface area (Å²) in [6.45, 7) is 2.78. The van der Waals surface area contributed by atoms with E-state index in [1.54, 1.807) is 7.11 Å². The van der Waals surface area contributed by atoms with E-state index in [1.165, 1.54) is 5.56 Å². The number of hydrogen-bond acceptors (Lipinski definition) is 4. The minimum absolute atomic E-state index is 0.220. The van der Waals surface area contributed by atoms with Gasteiger partial charge in [0.25, 0.3) is 0 Å². The molecule has 4 nitrogen and oxygen atoms in total. The molecular weight excluding hydrogens is 288 g/mol. The Morgan fingerprint density at radius 1 is 1.09 bits per heavy atom. The molecule has 0 bridgehead atoms. The van der Waals surface area contributed by atoms with Gasteiger partial charge in [0.2, 0.25) is 0 Å². The maximum absolute atomic E-state index is 5.41. The number of nitrogens with one attached hydrogen (secondary N) is 1. The molecule has 0 unspecified atom stereocenters. The molecule has 3 rings (SSSR count). The fourth-order valence-corrected chi connectivity index (χ4v) is 2.40. The topological polar surface area (TPSA) is 47.3 Å². The van der Waals surface area contributed by atoms with Gasteiger partial charge >= 0.3 is 0 Å². The number of hydrogen-bond donors (Lipinski definition) is 1. The van der Waals surface area contributed by atoms with Crippen LogP contribution < -0.4 is 10.1 Å². The lowest BCUT2D eigenvalue weighted by Crippen LogP contribution is -2.18. The van der Waals surface area contributed by atoms with Gasteiger partial charge < -0.3 is 14.6 Å². The summed E-state index contributed by atoms with van der Waals surface area (Å²) in [5.41, 5.74) is 3.14. The van der Waals surface area contributed by atoms with Gasteiger partial charge in [0.05, 0.1) is 12.8 Å². The van der Waals surface area contributed by atoms with Crippen molar-refractivity contribution in [1.82, 2.24) is 10.5 Å². The zero-order valence-electron chi connectivity index (χ0n) is 13.3. The van der Waals surface area contributed by atoms with Gasteiger partial charge in [-0.2, -0.15) is 0 Å². The molecule has 0 aliphatic rings. The molecular formula is C19H20N2O2. The molecule has 0 fully saturated rings. The van der Waals surface area contributed by atoms with E-state index >= 15 is 0 Å². The summed E-state index contributed by atoms with van der Waals surface area (Å²) < 4.78 is 10.6. The monoisotopic (exact) mass is 308 g/mol. The molecule has 0 spiro atoms. The Morgan fingerprint density at radius 3 is 2.52 bits per heavy atom. The van der Waals surface area contributed by atoms with Gasteiger partial charge in [-0.15, -0.1) is 0 Å². The highest BCUT2D eigenvalue weighted by Crippen LogP contribution is 2.21. The lowest BCUT2D eigenvalue weighted by atomic mass is 10.1. The van der Waals surface area contributed by atoms with Crippen LogP contribution in [0.1, 0.15) is 24.2 Å². The van der Waals surface area contributed by atoms with Crippen LogP contribution in [0.4, 0.5) is 0 Å². The Balaban J connectivity index is 1.60. The normalized spacial score (nSPS) is 12.1. The number of benzene rings is 2. The molecule has 1 atom stereocenters. The predicted molar refractivity (Wildman–Crippen MR) is 90.2 cm³/mol. The second-order valence-electron chi connectivity index (χ2n) is 5.42. The van der Waals surface area contributed by atoms with Gasteiger partial charge in [-0.05, 0) is 24.6 Å². The van der Waals surface area contributed by atoms with Crippen molar-refractivity contribution in [1.29, 1.82) is 0 Å². The first-order chi connectivity index (χ1) is 11.3. The molecule has 0 saturated carbocycles. The van der Waals surface area contributed by atoms with Crippen molar-refractivity contribution in [2.75, 3.05) is 7.11 Å². The quantitative estimate of drug-likeness (QED) is 0.741. The average Bonchev–Trinajstić information content (AvgIpc) is 3.09. The van der Waals surface area contributed by atoms with Crippen molar-refractivity contribution in [3.63, 3.8) is 0 Å². The molecule has 1 heterocycles. The second-order valence-corrected chi connectivity index (χ2v) is 5.42. The minimum Gasteiger partial charge on any atom is -0.497 e. The second kappa shape index (κ2) is 7.11. The summed E-state index contributed by atoms with van der Waals surface area (Å²) in [4.78, 5) is 0. The molecule has 0 aliphatic carbocycles. The van der Waals surface area contributed by atoms with Crippen molar-refractivity contribution in [2.45, 2.75) is 19.5 Å². The van der Waals surface area contributed by atoms with E-state index in [4.69, 9.17) is 9.26 Å². The fraction of sp³-hybridized carbons (Fsp3) is 0.211. The molecule has 0 aliphatic heterocycles. The van der Waals surface area contributed by atoms with Gasteiger partial charge in [-0.25, -0.2) is 0 Å². The Kier molecular flexibility index (Phi) is 4.74. The van der Waals surface area contributed by atoms with Crippen molar-refractivity contribution in [3.8, 4) is 17.1 Å². The Morgan fingerprint density at radius 2 is 1.83 bits per heavy atom. The van der Waals surface area contributed by atoms with Crippen LogP contribution in [0.25, 0.3) is 11.3 Å². The summed E-state index contributed by atoms with van der Waals surface area (Å²) in [6, 6.07) is 20.2. The molecule has 4 heteroatoms. The van der Waals surface area contributed by atoms with Crippen molar-refractivity contribution >= 4 is 0 Å². The lowest BCUT2D eigenvalue weighted by Gasteiger charge is -2.13. The van der Waals surface area contributed by atoms with Gasteiger partial charge in [-0.1, -0.05) is 47.6 Å². The molecule has 0 amide bonds. The molecule has 23 heavy (non-hydrogen) atoms. The first kappa shape index (κ1) is 15.3. The number of ether oxygens (including phenoxy) is 1. The van der Waals surface area contributed by atoms with E-state index in [0.717, 1.165) is 22.8 Å². The molecule has 1 aromatic heterocycles. The van der Waals surface area contributed by atoms with E-state index in [9.17, 15) is 0 Å². The SMILES string of the molecule is COc1ccc([C@H](C)NCc2cc(-c3ccccc3)on2)cc1. The maximum atomic E-state index is 5.41. The summed E-state index contributed by atoms with van der Waals surface area (Å²) >= 11 is 0. The number of nitrogens with zero attached hydrogens (tertiary/aromatic N) is 1. The van der Waals surface area contributed by atoms with Crippen LogP contribution in [0.3, 0.4) is 0 Å². The van der Waals surface area contributed by atoms with Crippen molar-refractivity contribution < 1.29 is 9.26 Å². The Bertz CT molecular complexity index is 736. The number of rotatable bonds is 6. The van der Waals surface area contributed by atoms with E-state index in [2.05, 4.69) is 29.5 Å². The highest BCUT2D eigenvalue weighted by Gasteiger charge is 2.09. The maximum Gasteiger partial charge on any atom is 0.167 e. The molecule has 118 valence electrons. The zero-order valence-corrected chi connectivity index (χ0v) is 13.3. The number of aromatic nitrogens is 1. The smallest absolute Gasteiger partial charge is 0.167 e. The average molecular weight is 308 g/mol.